The summed E-state index contributed by atoms with van der Waals surface area (Å²) in [5.41, 5.74) is 3.45. The molecule has 4 rings (SSSR count). The van der Waals surface area contributed by atoms with Crippen molar-refractivity contribution >= 4 is 33.4 Å². The molecule has 8 heteroatoms. The highest BCUT2D eigenvalue weighted by atomic mass is 32.1. The fourth-order valence-electron chi connectivity index (χ4n) is 3.00. The zero-order valence-electron chi connectivity index (χ0n) is 15.1. The average Bonchev–Trinajstić information content (AvgIpc) is 3.29. The van der Waals surface area contributed by atoms with Crippen LogP contribution in [0.2, 0.25) is 0 Å². The number of benzene rings is 1. The van der Waals surface area contributed by atoms with E-state index >= 15 is 0 Å². The number of pyridine rings is 1. The molecule has 1 aromatic carbocycles. The Bertz CT molecular complexity index is 1130. The van der Waals surface area contributed by atoms with Gasteiger partial charge in [-0.15, -0.1) is 11.3 Å². The second-order valence-corrected chi connectivity index (χ2v) is 6.88. The van der Waals surface area contributed by atoms with E-state index in [1.54, 1.807) is 24.1 Å². The molecule has 0 radical (unpaired) electrons. The molecule has 0 bridgehead atoms. The van der Waals surface area contributed by atoms with Crippen LogP contribution in [0, 0.1) is 6.92 Å². The lowest BCUT2D eigenvalue weighted by molar-refractivity contribution is 0.102. The van der Waals surface area contributed by atoms with E-state index in [0.717, 1.165) is 22.4 Å². The largest absolute Gasteiger partial charge is 0.497 e. The maximum Gasteiger partial charge on any atom is 0.258 e. The van der Waals surface area contributed by atoms with Crippen molar-refractivity contribution in [2.24, 2.45) is 7.05 Å². The Balaban J connectivity index is 1.89. The number of aromatic nitrogens is 4. The van der Waals surface area contributed by atoms with Gasteiger partial charge in [-0.05, 0) is 25.1 Å². The molecule has 27 heavy (non-hydrogen) atoms. The second kappa shape index (κ2) is 6.81. The van der Waals surface area contributed by atoms with Crippen LogP contribution in [-0.2, 0) is 7.05 Å². The van der Waals surface area contributed by atoms with Gasteiger partial charge in [0.25, 0.3) is 5.91 Å². The standard InChI is InChI=1S/C19H17N5O2S/c1-11-16-14(18(25)22-19-20-7-8-27-19)10-15(21-17(16)24(2)23-11)12-5-4-6-13(9-12)26-3/h4-10H,1-3H3,(H,20,22,25). The molecule has 0 fully saturated rings. The van der Waals surface area contributed by atoms with Crippen molar-refractivity contribution in [1.29, 1.82) is 0 Å². The summed E-state index contributed by atoms with van der Waals surface area (Å²) in [6.45, 7) is 1.87. The van der Waals surface area contributed by atoms with E-state index in [9.17, 15) is 4.79 Å². The van der Waals surface area contributed by atoms with Crippen LogP contribution < -0.4 is 10.1 Å². The number of carbonyl (C=O) groups is 1. The highest BCUT2D eigenvalue weighted by Crippen LogP contribution is 2.29. The van der Waals surface area contributed by atoms with Crippen LogP contribution in [0.25, 0.3) is 22.3 Å². The van der Waals surface area contributed by atoms with Crippen molar-refractivity contribution in [3.05, 3.63) is 53.2 Å². The first-order valence-electron chi connectivity index (χ1n) is 8.26. The van der Waals surface area contributed by atoms with Crippen LogP contribution >= 0.6 is 11.3 Å². The van der Waals surface area contributed by atoms with Crippen molar-refractivity contribution in [3.8, 4) is 17.0 Å². The number of hydrogen-bond donors (Lipinski definition) is 1. The van der Waals surface area contributed by atoms with Gasteiger partial charge < -0.3 is 4.74 Å². The Labute approximate surface area is 159 Å². The third-order valence-electron chi connectivity index (χ3n) is 4.23. The highest BCUT2D eigenvalue weighted by molar-refractivity contribution is 7.13. The van der Waals surface area contributed by atoms with Gasteiger partial charge in [0.15, 0.2) is 10.8 Å². The minimum absolute atomic E-state index is 0.238. The third-order valence-corrected chi connectivity index (χ3v) is 4.92. The number of thiazole rings is 1. The molecule has 0 saturated heterocycles. The summed E-state index contributed by atoms with van der Waals surface area (Å²) in [7, 11) is 3.44. The molecule has 0 unspecified atom stereocenters. The van der Waals surface area contributed by atoms with Gasteiger partial charge in [-0.25, -0.2) is 9.97 Å². The van der Waals surface area contributed by atoms with Crippen LogP contribution in [-0.4, -0.2) is 32.8 Å². The Kier molecular flexibility index (Phi) is 4.33. The van der Waals surface area contributed by atoms with Crippen LogP contribution in [0.5, 0.6) is 5.75 Å². The lowest BCUT2D eigenvalue weighted by Crippen LogP contribution is -2.13. The monoisotopic (exact) mass is 379 g/mol. The lowest BCUT2D eigenvalue weighted by atomic mass is 10.0. The molecule has 0 spiro atoms. The maximum atomic E-state index is 13.0. The van der Waals surface area contributed by atoms with Crippen molar-refractivity contribution in [3.63, 3.8) is 0 Å². The van der Waals surface area contributed by atoms with Crippen molar-refractivity contribution in [1.82, 2.24) is 19.7 Å². The number of hydrogen-bond acceptors (Lipinski definition) is 6. The summed E-state index contributed by atoms with van der Waals surface area (Å²) in [5, 5.41) is 10.4. The number of nitrogens with one attached hydrogen (secondary N) is 1. The van der Waals surface area contributed by atoms with Gasteiger partial charge in [-0.2, -0.15) is 5.10 Å². The molecule has 1 N–H and O–H groups in total. The SMILES string of the molecule is COc1cccc(-c2cc(C(=O)Nc3nccs3)c3c(C)nn(C)c3n2)c1. The maximum absolute atomic E-state index is 13.0. The fraction of sp³-hybridized carbons (Fsp3) is 0.158. The predicted molar refractivity (Wildman–Crippen MR) is 105 cm³/mol. The van der Waals surface area contributed by atoms with Crippen LogP contribution in [0.3, 0.4) is 0 Å². The summed E-state index contributed by atoms with van der Waals surface area (Å²) in [4.78, 5) is 21.8. The van der Waals surface area contributed by atoms with E-state index in [-0.39, 0.29) is 5.91 Å². The first kappa shape index (κ1) is 17.2. The number of aryl methyl sites for hydroxylation is 2. The minimum atomic E-state index is -0.238. The van der Waals surface area contributed by atoms with Gasteiger partial charge in [0.2, 0.25) is 0 Å². The van der Waals surface area contributed by atoms with Gasteiger partial charge in [-0.1, -0.05) is 12.1 Å². The topological polar surface area (TPSA) is 81.9 Å². The lowest BCUT2D eigenvalue weighted by Gasteiger charge is -2.09. The molecule has 0 saturated carbocycles. The molecule has 136 valence electrons. The Morgan fingerprint density at radius 2 is 2.15 bits per heavy atom. The quantitative estimate of drug-likeness (QED) is 0.585. The van der Waals surface area contributed by atoms with E-state index in [1.807, 2.05) is 43.6 Å². The van der Waals surface area contributed by atoms with E-state index < -0.39 is 0 Å². The van der Waals surface area contributed by atoms with Crippen LogP contribution in [0.15, 0.2) is 41.9 Å². The number of rotatable bonds is 4. The van der Waals surface area contributed by atoms with E-state index in [2.05, 4.69) is 15.4 Å². The summed E-state index contributed by atoms with van der Waals surface area (Å²) in [5.74, 6) is 0.488. The highest BCUT2D eigenvalue weighted by Gasteiger charge is 2.20. The Morgan fingerprint density at radius 1 is 1.30 bits per heavy atom. The van der Waals surface area contributed by atoms with Gasteiger partial charge in [0.1, 0.15) is 5.75 Å². The molecular weight excluding hydrogens is 362 g/mol. The Hall–Kier alpha value is -3.26. The smallest absolute Gasteiger partial charge is 0.258 e. The predicted octanol–water partition coefficient (Wildman–Crippen LogP) is 3.66. The molecule has 0 aliphatic carbocycles. The van der Waals surface area contributed by atoms with E-state index in [0.29, 0.717) is 22.0 Å². The Morgan fingerprint density at radius 3 is 2.89 bits per heavy atom. The van der Waals surface area contributed by atoms with Crippen molar-refractivity contribution in [2.45, 2.75) is 6.92 Å². The number of nitrogens with zero attached hydrogens (tertiary/aromatic N) is 4. The van der Waals surface area contributed by atoms with E-state index in [1.165, 1.54) is 11.3 Å². The molecular formula is C19H17N5O2S. The molecule has 3 heterocycles. The zero-order chi connectivity index (χ0) is 19.0. The number of ether oxygens (including phenoxy) is 1. The summed E-state index contributed by atoms with van der Waals surface area (Å²) >= 11 is 1.37. The number of carbonyl (C=O) groups excluding carboxylic acids is 1. The molecule has 7 nitrogen and oxygen atoms in total. The van der Waals surface area contributed by atoms with E-state index in [4.69, 9.17) is 9.72 Å². The zero-order valence-corrected chi connectivity index (χ0v) is 15.9. The molecule has 3 aromatic heterocycles. The van der Waals surface area contributed by atoms with Gasteiger partial charge in [0.05, 0.1) is 29.4 Å². The van der Waals surface area contributed by atoms with Crippen LogP contribution in [0.4, 0.5) is 5.13 Å². The molecule has 4 aromatic rings. The molecule has 0 aliphatic heterocycles. The minimum Gasteiger partial charge on any atom is -0.497 e. The van der Waals surface area contributed by atoms with Gasteiger partial charge in [-0.3, -0.25) is 14.8 Å². The van der Waals surface area contributed by atoms with Crippen LogP contribution in [0.1, 0.15) is 16.1 Å². The second-order valence-electron chi connectivity index (χ2n) is 5.99. The number of fused-ring (bicyclic) bond motifs is 1. The van der Waals surface area contributed by atoms with Crippen molar-refractivity contribution < 1.29 is 9.53 Å². The molecule has 0 atom stereocenters. The molecule has 0 aliphatic rings. The first-order valence-corrected chi connectivity index (χ1v) is 9.14. The average molecular weight is 379 g/mol. The normalized spacial score (nSPS) is 10.9. The number of anilines is 1. The third kappa shape index (κ3) is 3.15. The molecule has 1 amide bonds. The fourth-order valence-corrected chi connectivity index (χ4v) is 3.53. The van der Waals surface area contributed by atoms with Gasteiger partial charge in [0, 0.05) is 24.2 Å². The first-order chi connectivity index (χ1) is 13.1. The van der Waals surface area contributed by atoms with Crippen molar-refractivity contribution in [2.75, 3.05) is 12.4 Å². The number of amides is 1. The summed E-state index contributed by atoms with van der Waals surface area (Å²) in [6.07, 6.45) is 1.65. The summed E-state index contributed by atoms with van der Waals surface area (Å²) < 4.78 is 7.00. The van der Waals surface area contributed by atoms with Gasteiger partial charge >= 0.3 is 0 Å². The summed E-state index contributed by atoms with van der Waals surface area (Å²) in [6, 6.07) is 9.37. The number of methoxy groups -OCH3 is 1.